The van der Waals surface area contributed by atoms with E-state index in [0.29, 0.717) is 0 Å². The van der Waals surface area contributed by atoms with Crippen LogP contribution in [-0.4, -0.2) is 50.3 Å². The Hall–Kier alpha value is -0.120. The third kappa shape index (κ3) is 3.43. The molecule has 2 bridgehead atoms. The Kier molecular flexibility index (Phi) is 5.26. The highest BCUT2D eigenvalue weighted by molar-refractivity contribution is 4.96. The number of hydrogen-bond acceptors (Lipinski definition) is 3. The molecular formula is C14H28N2O. The molecule has 0 amide bonds. The minimum Gasteiger partial charge on any atom is -0.385 e. The van der Waals surface area contributed by atoms with Crippen molar-refractivity contribution in [2.75, 3.05) is 27.3 Å². The monoisotopic (exact) mass is 240 g/mol. The van der Waals surface area contributed by atoms with Crippen molar-refractivity contribution in [2.24, 2.45) is 0 Å². The molecule has 0 saturated carbocycles. The molecule has 100 valence electrons. The Bertz CT molecular complexity index is 208. The van der Waals surface area contributed by atoms with E-state index in [4.69, 9.17) is 4.74 Å². The van der Waals surface area contributed by atoms with Crippen LogP contribution in [0.1, 0.15) is 44.9 Å². The molecule has 3 nitrogen and oxygen atoms in total. The van der Waals surface area contributed by atoms with Crippen molar-refractivity contribution in [2.45, 2.75) is 63.1 Å². The van der Waals surface area contributed by atoms with Gasteiger partial charge < -0.3 is 10.1 Å². The number of hydrogen-bond donors (Lipinski definition) is 1. The number of nitrogens with one attached hydrogen (secondary N) is 1. The molecule has 1 N–H and O–H groups in total. The van der Waals surface area contributed by atoms with Gasteiger partial charge in [-0.05, 0) is 58.5 Å². The van der Waals surface area contributed by atoms with Gasteiger partial charge in [-0.1, -0.05) is 0 Å². The van der Waals surface area contributed by atoms with Crippen molar-refractivity contribution in [1.82, 2.24) is 10.2 Å². The number of piperidine rings is 1. The van der Waals surface area contributed by atoms with E-state index < -0.39 is 0 Å². The number of rotatable bonds is 7. The lowest BCUT2D eigenvalue weighted by molar-refractivity contribution is 0.115. The highest BCUT2D eigenvalue weighted by atomic mass is 16.5. The molecule has 2 rings (SSSR count). The molecule has 0 aromatic carbocycles. The molecule has 3 heteroatoms. The lowest BCUT2D eigenvalue weighted by Crippen LogP contribution is -2.48. The number of fused-ring (bicyclic) bond motifs is 2. The molecule has 0 spiro atoms. The zero-order valence-corrected chi connectivity index (χ0v) is 11.5. The molecule has 2 aliphatic rings. The van der Waals surface area contributed by atoms with Crippen LogP contribution in [0.15, 0.2) is 0 Å². The lowest BCUT2D eigenvalue weighted by atomic mass is 9.97. The van der Waals surface area contributed by atoms with E-state index >= 15 is 0 Å². The Morgan fingerprint density at radius 2 is 1.82 bits per heavy atom. The summed E-state index contributed by atoms with van der Waals surface area (Å²) < 4.78 is 5.10. The second-order valence-electron chi connectivity index (χ2n) is 5.63. The third-order valence-electron chi connectivity index (χ3n) is 4.56. The van der Waals surface area contributed by atoms with Crippen molar-refractivity contribution in [3.8, 4) is 0 Å². The fourth-order valence-corrected chi connectivity index (χ4v) is 3.59. The molecule has 2 aliphatic heterocycles. The summed E-state index contributed by atoms with van der Waals surface area (Å²) in [6.07, 6.45) is 9.48. The molecule has 2 unspecified atom stereocenters. The van der Waals surface area contributed by atoms with E-state index in [9.17, 15) is 0 Å². The first-order valence-corrected chi connectivity index (χ1v) is 7.27. The Balaban J connectivity index is 1.68. The summed E-state index contributed by atoms with van der Waals surface area (Å²) in [6, 6.07) is 2.51. The highest BCUT2D eigenvalue weighted by Crippen LogP contribution is 2.35. The predicted octanol–water partition coefficient (Wildman–Crippen LogP) is 2.02. The Morgan fingerprint density at radius 1 is 1.12 bits per heavy atom. The SMILES string of the molecule is CNC1CC2CCC(C1)N2CCCCCOC. The van der Waals surface area contributed by atoms with Gasteiger partial charge in [0, 0.05) is 31.8 Å². The van der Waals surface area contributed by atoms with Gasteiger partial charge in [0.1, 0.15) is 0 Å². The van der Waals surface area contributed by atoms with Crippen molar-refractivity contribution in [3.05, 3.63) is 0 Å². The fourth-order valence-electron chi connectivity index (χ4n) is 3.59. The smallest absolute Gasteiger partial charge is 0.0462 e. The van der Waals surface area contributed by atoms with Crippen molar-refractivity contribution in [3.63, 3.8) is 0 Å². The first kappa shape index (κ1) is 13.3. The van der Waals surface area contributed by atoms with Gasteiger partial charge in [-0.2, -0.15) is 0 Å². The van der Waals surface area contributed by atoms with E-state index in [1.807, 2.05) is 0 Å². The van der Waals surface area contributed by atoms with Crippen LogP contribution >= 0.6 is 0 Å². The number of unbranched alkanes of at least 4 members (excludes halogenated alkanes) is 2. The Labute approximate surface area is 106 Å². The minimum atomic E-state index is 0.775. The van der Waals surface area contributed by atoms with E-state index in [1.54, 1.807) is 7.11 Å². The number of methoxy groups -OCH3 is 1. The van der Waals surface area contributed by atoms with Crippen molar-refractivity contribution < 1.29 is 4.74 Å². The van der Waals surface area contributed by atoms with Gasteiger partial charge in [0.2, 0.25) is 0 Å². The normalized spacial score (nSPS) is 33.2. The molecular weight excluding hydrogens is 212 g/mol. The molecule has 2 fully saturated rings. The Morgan fingerprint density at radius 3 is 2.41 bits per heavy atom. The van der Waals surface area contributed by atoms with Gasteiger partial charge in [-0.3, -0.25) is 4.90 Å². The predicted molar refractivity (Wildman–Crippen MR) is 71.3 cm³/mol. The second-order valence-corrected chi connectivity index (χ2v) is 5.63. The molecule has 0 aliphatic carbocycles. The average molecular weight is 240 g/mol. The van der Waals surface area contributed by atoms with E-state index in [0.717, 1.165) is 24.7 Å². The van der Waals surface area contributed by atoms with Gasteiger partial charge in [-0.25, -0.2) is 0 Å². The van der Waals surface area contributed by atoms with Gasteiger partial charge in [0.15, 0.2) is 0 Å². The molecule has 2 heterocycles. The zero-order valence-electron chi connectivity index (χ0n) is 11.5. The molecule has 2 atom stereocenters. The van der Waals surface area contributed by atoms with Gasteiger partial charge in [-0.15, -0.1) is 0 Å². The maximum Gasteiger partial charge on any atom is 0.0462 e. The maximum atomic E-state index is 5.10. The van der Waals surface area contributed by atoms with E-state index in [1.165, 1.54) is 51.5 Å². The summed E-state index contributed by atoms with van der Waals surface area (Å²) in [5, 5.41) is 3.47. The summed E-state index contributed by atoms with van der Waals surface area (Å²) in [5.41, 5.74) is 0. The van der Waals surface area contributed by atoms with Crippen LogP contribution in [-0.2, 0) is 4.74 Å². The minimum absolute atomic E-state index is 0.775. The van der Waals surface area contributed by atoms with Crippen LogP contribution < -0.4 is 5.32 Å². The third-order valence-corrected chi connectivity index (χ3v) is 4.56. The largest absolute Gasteiger partial charge is 0.385 e. The molecule has 0 radical (unpaired) electrons. The number of ether oxygens (including phenoxy) is 1. The number of nitrogens with zero attached hydrogens (tertiary/aromatic N) is 1. The fraction of sp³-hybridized carbons (Fsp3) is 1.00. The first-order valence-electron chi connectivity index (χ1n) is 7.27. The topological polar surface area (TPSA) is 24.5 Å². The van der Waals surface area contributed by atoms with Crippen LogP contribution in [0, 0.1) is 0 Å². The molecule has 0 aromatic heterocycles. The van der Waals surface area contributed by atoms with Crippen LogP contribution in [0.2, 0.25) is 0 Å². The van der Waals surface area contributed by atoms with E-state index in [2.05, 4.69) is 17.3 Å². The van der Waals surface area contributed by atoms with E-state index in [-0.39, 0.29) is 0 Å². The quantitative estimate of drug-likeness (QED) is 0.689. The van der Waals surface area contributed by atoms with Crippen LogP contribution in [0.25, 0.3) is 0 Å². The molecule has 17 heavy (non-hydrogen) atoms. The lowest BCUT2D eigenvalue weighted by Gasteiger charge is -2.39. The second kappa shape index (κ2) is 6.72. The summed E-state index contributed by atoms with van der Waals surface area (Å²) in [7, 11) is 3.91. The molecule has 0 aromatic rings. The van der Waals surface area contributed by atoms with Crippen LogP contribution in [0.5, 0.6) is 0 Å². The average Bonchev–Trinajstić information content (AvgIpc) is 2.60. The molecule has 2 saturated heterocycles. The van der Waals surface area contributed by atoms with Gasteiger partial charge >= 0.3 is 0 Å². The van der Waals surface area contributed by atoms with Gasteiger partial charge in [0.05, 0.1) is 0 Å². The summed E-state index contributed by atoms with van der Waals surface area (Å²) in [6.45, 7) is 2.24. The van der Waals surface area contributed by atoms with Gasteiger partial charge in [0.25, 0.3) is 0 Å². The zero-order chi connectivity index (χ0) is 12.1. The standard InChI is InChI=1S/C14H28N2O/c1-15-12-10-13-6-7-14(11-12)16(13)8-4-3-5-9-17-2/h12-15H,3-11H2,1-2H3. The summed E-state index contributed by atoms with van der Waals surface area (Å²) in [5.74, 6) is 0. The maximum absolute atomic E-state index is 5.10. The van der Waals surface area contributed by atoms with Crippen LogP contribution in [0.3, 0.4) is 0 Å². The van der Waals surface area contributed by atoms with Crippen molar-refractivity contribution in [1.29, 1.82) is 0 Å². The highest BCUT2D eigenvalue weighted by Gasteiger charge is 2.39. The first-order chi connectivity index (χ1) is 8.35. The summed E-state index contributed by atoms with van der Waals surface area (Å²) >= 11 is 0. The summed E-state index contributed by atoms with van der Waals surface area (Å²) in [4.78, 5) is 2.79. The van der Waals surface area contributed by atoms with Crippen molar-refractivity contribution >= 4 is 0 Å². The van der Waals surface area contributed by atoms with Crippen LogP contribution in [0.4, 0.5) is 0 Å².